The molecule has 2 aliphatic rings. The van der Waals surface area contributed by atoms with Crippen LogP contribution in [0.2, 0.25) is 0 Å². The van der Waals surface area contributed by atoms with Crippen LogP contribution in [-0.4, -0.2) is 65.6 Å². The minimum Gasteiger partial charge on any atom is -0.466 e. The minimum absolute atomic E-state index is 0.0555. The summed E-state index contributed by atoms with van der Waals surface area (Å²) in [6.45, 7) is 8.02. The van der Waals surface area contributed by atoms with Crippen molar-refractivity contribution in [1.29, 1.82) is 5.26 Å². The van der Waals surface area contributed by atoms with Gasteiger partial charge in [-0.3, -0.25) is 23.9 Å². The fourth-order valence-corrected chi connectivity index (χ4v) is 5.93. The highest BCUT2D eigenvalue weighted by molar-refractivity contribution is 8.26. The third kappa shape index (κ3) is 6.25. The second-order valence-electron chi connectivity index (χ2n) is 9.02. The van der Waals surface area contributed by atoms with Crippen molar-refractivity contribution in [2.75, 3.05) is 44.9 Å². The monoisotopic (exact) mass is 546 g/mol. The van der Waals surface area contributed by atoms with Crippen molar-refractivity contribution < 1.29 is 19.1 Å². The molecule has 0 aliphatic carbocycles. The number of nitriles is 1. The number of carbonyl (C=O) groups is 2. The highest BCUT2D eigenvalue weighted by atomic mass is 32.2. The molecular weight excluding hydrogens is 512 g/mol. The number of hydrogen-bond donors (Lipinski definition) is 0. The Balaban J connectivity index is 2.18. The summed E-state index contributed by atoms with van der Waals surface area (Å²) >= 11 is 6.63. The minimum atomic E-state index is -0.355. The molecule has 3 rings (SSSR count). The van der Waals surface area contributed by atoms with Gasteiger partial charge in [0.05, 0.1) is 30.6 Å². The molecule has 200 valence electrons. The zero-order valence-corrected chi connectivity index (χ0v) is 23.5. The number of pyridine rings is 1. The van der Waals surface area contributed by atoms with E-state index in [4.69, 9.17) is 21.7 Å². The van der Waals surface area contributed by atoms with Gasteiger partial charge in [-0.1, -0.05) is 37.3 Å². The molecule has 1 aromatic rings. The molecule has 0 bridgehead atoms. The standard InChI is InChI=1S/C26H34N4O5S2/c1-5-7-11-29-22(28-10-8-9-18(16-28)25(33)35-6-2)19(17(3)20(15-27)23(29)31)14-21-24(32)30(12-13-34-4)26(36)37-21/h14,18H,5-13,16H2,1-4H3/b21-14-. The summed E-state index contributed by atoms with van der Waals surface area (Å²) in [4.78, 5) is 43.2. The van der Waals surface area contributed by atoms with Gasteiger partial charge < -0.3 is 14.4 Å². The van der Waals surface area contributed by atoms with Crippen LogP contribution in [0.5, 0.6) is 0 Å². The Labute approximate surface area is 227 Å². The van der Waals surface area contributed by atoms with E-state index in [1.54, 1.807) is 31.6 Å². The van der Waals surface area contributed by atoms with E-state index in [1.165, 1.54) is 16.7 Å². The number of amides is 1. The Morgan fingerprint density at radius 3 is 2.70 bits per heavy atom. The third-order valence-corrected chi connectivity index (χ3v) is 7.97. The lowest BCUT2D eigenvalue weighted by Gasteiger charge is -2.36. The van der Waals surface area contributed by atoms with Crippen LogP contribution in [0.15, 0.2) is 9.70 Å². The molecule has 0 aromatic carbocycles. The zero-order valence-electron chi connectivity index (χ0n) is 21.9. The van der Waals surface area contributed by atoms with Gasteiger partial charge in [0.25, 0.3) is 11.5 Å². The Morgan fingerprint density at radius 2 is 2.05 bits per heavy atom. The Kier molecular flexibility index (Phi) is 10.3. The maximum atomic E-state index is 13.5. The molecule has 1 atom stereocenters. The number of hydrogen-bond acceptors (Lipinski definition) is 9. The predicted octanol–water partition coefficient (Wildman–Crippen LogP) is 3.46. The first-order valence-corrected chi connectivity index (χ1v) is 13.8. The Morgan fingerprint density at radius 1 is 1.30 bits per heavy atom. The van der Waals surface area contributed by atoms with E-state index in [2.05, 4.69) is 6.07 Å². The Bertz CT molecular complexity index is 1190. The topological polar surface area (TPSA) is 105 Å². The fraction of sp³-hybridized carbons (Fsp3) is 0.577. The average Bonchev–Trinajstić information content (AvgIpc) is 3.15. The quantitative estimate of drug-likeness (QED) is 0.248. The van der Waals surface area contributed by atoms with Gasteiger partial charge in [0, 0.05) is 32.3 Å². The van der Waals surface area contributed by atoms with E-state index in [0.29, 0.717) is 72.0 Å². The number of thioether (sulfide) groups is 1. The van der Waals surface area contributed by atoms with Crippen LogP contribution in [-0.2, 0) is 25.6 Å². The van der Waals surface area contributed by atoms with E-state index in [0.717, 1.165) is 19.3 Å². The molecule has 1 amide bonds. The molecule has 11 heteroatoms. The van der Waals surface area contributed by atoms with E-state index in [1.807, 2.05) is 11.8 Å². The molecule has 0 saturated carbocycles. The Hall–Kier alpha value is -2.68. The highest BCUT2D eigenvalue weighted by Gasteiger charge is 2.34. The lowest BCUT2D eigenvalue weighted by Crippen LogP contribution is -2.43. The SMILES string of the molecule is CCCCn1c(N2CCCC(C(=O)OCC)C2)c(/C=C2\SC(=S)N(CCOC)C2=O)c(C)c(C#N)c1=O. The maximum absolute atomic E-state index is 13.5. The largest absolute Gasteiger partial charge is 0.466 e. The molecule has 0 N–H and O–H groups in total. The number of piperidine rings is 1. The van der Waals surface area contributed by atoms with Crippen molar-refractivity contribution in [3.05, 3.63) is 31.9 Å². The van der Waals surface area contributed by atoms with Gasteiger partial charge in [0.15, 0.2) is 0 Å². The molecule has 9 nitrogen and oxygen atoms in total. The number of nitrogens with zero attached hydrogens (tertiary/aromatic N) is 4. The number of esters is 1. The second-order valence-corrected chi connectivity index (χ2v) is 10.7. The molecular formula is C26H34N4O5S2. The first-order chi connectivity index (χ1) is 17.8. The number of ether oxygens (including phenoxy) is 2. The van der Waals surface area contributed by atoms with Crippen LogP contribution in [0.3, 0.4) is 0 Å². The van der Waals surface area contributed by atoms with Gasteiger partial charge in [-0.15, -0.1) is 0 Å². The molecule has 1 unspecified atom stereocenters. The van der Waals surface area contributed by atoms with E-state index >= 15 is 0 Å². The third-order valence-electron chi connectivity index (χ3n) is 6.59. The number of anilines is 1. The van der Waals surface area contributed by atoms with Crippen molar-refractivity contribution in [3.63, 3.8) is 0 Å². The fourth-order valence-electron chi connectivity index (χ4n) is 4.64. The van der Waals surface area contributed by atoms with Gasteiger partial charge in [-0.25, -0.2) is 0 Å². The van der Waals surface area contributed by atoms with Crippen LogP contribution in [0, 0.1) is 24.2 Å². The molecule has 2 fully saturated rings. The summed E-state index contributed by atoms with van der Waals surface area (Å²) < 4.78 is 12.5. The lowest BCUT2D eigenvalue weighted by atomic mass is 9.96. The van der Waals surface area contributed by atoms with Crippen LogP contribution in [0.1, 0.15) is 56.2 Å². The van der Waals surface area contributed by atoms with Crippen molar-refractivity contribution >= 4 is 52.1 Å². The van der Waals surface area contributed by atoms with E-state index in [-0.39, 0.29) is 28.9 Å². The molecule has 0 radical (unpaired) electrons. The van der Waals surface area contributed by atoms with Crippen LogP contribution in [0.4, 0.5) is 5.82 Å². The van der Waals surface area contributed by atoms with Crippen molar-refractivity contribution in [2.24, 2.45) is 5.92 Å². The molecule has 2 aliphatic heterocycles. The van der Waals surface area contributed by atoms with Crippen molar-refractivity contribution in [1.82, 2.24) is 9.47 Å². The van der Waals surface area contributed by atoms with Gasteiger partial charge in [-0.2, -0.15) is 5.26 Å². The number of carbonyl (C=O) groups excluding carboxylic acids is 2. The predicted molar refractivity (Wildman–Crippen MR) is 148 cm³/mol. The molecule has 1 aromatic heterocycles. The molecule has 0 spiro atoms. The van der Waals surface area contributed by atoms with Gasteiger partial charge in [0.2, 0.25) is 0 Å². The maximum Gasteiger partial charge on any atom is 0.310 e. The zero-order chi connectivity index (χ0) is 27.1. The van der Waals surface area contributed by atoms with Gasteiger partial charge >= 0.3 is 5.97 Å². The van der Waals surface area contributed by atoms with Crippen molar-refractivity contribution in [3.8, 4) is 6.07 Å². The highest BCUT2D eigenvalue weighted by Crippen LogP contribution is 2.37. The smallest absolute Gasteiger partial charge is 0.310 e. The van der Waals surface area contributed by atoms with E-state index in [9.17, 15) is 19.6 Å². The second kappa shape index (κ2) is 13.2. The van der Waals surface area contributed by atoms with Crippen LogP contribution >= 0.6 is 24.0 Å². The summed E-state index contributed by atoms with van der Waals surface area (Å²) in [5.74, 6) is -0.170. The van der Waals surface area contributed by atoms with Crippen LogP contribution in [0.25, 0.3) is 6.08 Å². The average molecular weight is 547 g/mol. The van der Waals surface area contributed by atoms with Gasteiger partial charge in [0.1, 0.15) is 21.8 Å². The summed E-state index contributed by atoms with van der Waals surface area (Å²) in [5, 5.41) is 9.87. The lowest BCUT2D eigenvalue weighted by molar-refractivity contribution is -0.148. The normalized spacial score (nSPS) is 19.0. The van der Waals surface area contributed by atoms with E-state index < -0.39 is 0 Å². The molecule has 3 heterocycles. The number of aromatic nitrogens is 1. The number of rotatable bonds is 10. The summed E-state index contributed by atoms with van der Waals surface area (Å²) in [7, 11) is 1.56. The first-order valence-electron chi connectivity index (χ1n) is 12.6. The van der Waals surface area contributed by atoms with Crippen molar-refractivity contribution in [2.45, 2.75) is 53.0 Å². The first kappa shape index (κ1) is 28.9. The summed E-state index contributed by atoms with van der Waals surface area (Å²) in [6.07, 6.45) is 4.81. The number of methoxy groups -OCH3 is 1. The van der Waals surface area contributed by atoms with Gasteiger partial charge in [-0.05, 0) is 44.7 Å². The number of thiocarbonyl (C=S) groups is 1. The molecule has 2 saturated heterocycles. The number of unbranched alkanes of at least 4 members (excludes halogenated alkanes) is 1. The van der Waals surface area contributed by atoms with Crippen LogP contribution < -0.4 is 10.5 Å². The summed E-state index contributed by atoms with van der Waals surface area (Å²) in [5.41, 5.74) is 0.839. The summed E-state index contributed by atoms with van der Waals surface area (Å²) in [6, 6.07) is 2.08. The molecule has 37 heavy (non-hydrogen) atoms.